The van der Waals surface area contributed by atoms with Crippen molar-refractivity contribution in [2.45, 2.75) is 0 Å². The van der Waals surface area contributed by atoms with Gasteiger partial charge in [-0.1, -0.05) is 30.3 Å². The van der Waals surface area contributed by atoms with Gasteiger partial charge in [0.2, 0.25) is 0 Å². The van der Waals surface area contributed by atoms with E-state index in [1.54, 1.807) is 48.7 Å². The molecule has 7 heteroatoms. The van der Waals surface area contributed by atoms with Gasteiger partial charge in [-0.3, -0.25) is 14.6 Å². The highest BCUT2D eigenvalue weighted by molar-refractivity contribution is 6.08. The van der Waals surface area contributed by atoms with Gasteiger partial charge in [0.1, 0.15) is 0 Å². The van der Waals surface area contributed by atoms with Crippen molar-refractivity contribution in [2.24, 2.45) is 5.10 Å². The van der Waals surface area contributed by atoms with Crippen LogP contribution in [0, 0.1) is 0 Å². The summed E-state index contributed by atoms with van der Waals surface area (Å²) < 4.78 is 0. The first-order valence-electron chi connectivity index (χ1n) is 9.62. The third kappa shape index (κ3) is 6.11. The maximum atomic E-state index is 12.5. The molecule has 0 aliphatic rings. The molecule has 2 amide bonds. The molecule has 31 heavy (non-hydrogen) atoms. The second kappa shape index (κ2) is 10.5. The summed E-state index contributed by atoms with van der Waals surface area (Å²) in [6.45, 7) is 0. The molecule has 0 saturated carbocycles. The van der Waals surface area contributed by atoms with Crippen LogP contribution in [-0.2, 0) is 0 Å². The number of para-hydroxylation sites is 1. The van der Waals surface area contributed by atoms with Crippen molar-refractivity contribution in [1.29, 1.82) is 0 Å². The van der Waals surface area contributed by atoms with Crippen molar-refractivity contribution in [2.75, 3.05) is 24.3 Å². The summed E-state index contributed by atoms with van der Waals surface area (Å²) in [6, 6.07) is 18.1. The standard InChI is InChI=1S/C24H23N5O2/c1-29(2)20-13-11-18(12-14-20)7-5-16-26-28-24(31)21-9-3-4-10-22(21)27-23(30)19-8-6-15-25-17-19/h3-17H,1-2H3,(H,27,30)(H,28,31). The molecule has 0 fully saturated rings. The second-order valence-corrected chi connectivity index (χ2v) is 6.81. The van der Waals surface area contributed by atoms with E-state index < -0.39 is 5.91 Å². The average molecular weight is 413 g/mol. The number of nitrogens with one attached hydrogen (secondary N) is 2. The number of pyridine rings is 1. The zero-order valence-electron chi connectivity index (χ0n) is 17.3. The molecule has 1 aromatic heterocycles. The van der Waals surface area contributed by atoms with E-state index in [0.29, 0.717) is 16.8 Å². The SMILES string of the molecule is CN(C)c1ccc(C=CC=NNC(=O)c2ccccc2NC(=O)c2cccnc2)cc1. The fourth-order valence-corrected chi connectivity index (χ4v) is 2.72. The highest BCUT2D eigenvalue weighted by Crippen LogP contribution is 2.16. The fraction of sp³-hybridized carbons (Fsp3) is 0.0833. The van der Waals surface area contributed by atoms with E-state index in [4.69, 9.17) is 0 Å². The zero-order valence-corrected chi connectivity index (χ0v) is 17.3. The molecule has 0 radical (unpaired) electrons. The topological polar surface area (TPSA) is 86.7 Å². The number of hydrogen-bond donors (Lipinski definition) is 2. The Balaban J connectivity index is 1.60. The van der Waals surface area contributed by atoms with E-state index in [2.05, 4.69) is 20.8 Å². The molecule has 0 aliphatic carbocycles. The molecule has 0 unspecified atom stereocenters. The largest absolute Gasteiger partial charge is 0.378 e. The van der Waals surface area contributed by atoms with Crippen LogP contribution in [0.4, 0.5) is 11.4 Å². The normalized spacial score (nSPS) is 10.9. The number of nitrogens with zero attached hydrogens (tertiary/aromatic N) is 3. The van der Waals surface area contributed by atoms with Crippen LogP contribution in [-0.4, -0.2) is 37.1 Å². The molecule has 3 rings (SSSR count). The Morgan fingerprint density at radius 1 is 0.968 bits per heavy atom. The number of anilines is 2. The lowest BCUT2D eigenvalue weighted by Crippen LogP contribution is -2.21. The van der Waals surface area contributed by atoms with Gasteiger partial charge in [-0.2, -0.15) is 5.10 Å². The first-order valence-corrected chi connectivity index (χ1v) is 9.62. The van der Waals surface area contributed by atoms with Gasteiger partial charge in [0.25, 0.3) is 11.8 Å². The lowest BCUT2D eigenvalue weighted by Gasteiger charge is -2.11. The maximum Gasteiger partial charge on any atom is 0.273 e. The molecular weight excluding hydrogens is 390 g/mol. The van der Waals surface area contributed by atoms with Crippen molar-refractivity contribution in [3.8, 4) is 0 Å². The smallest absolute Gasteiger partial charge is 0.273 e. The number of rotatable bonds is 7. The molecule has 0 bridgehead atoms. The van der Waals surface area contributed by atoms with Crippen molar-refractivity contribution < 1.29 is 9.59 Å². The quantitative estimate of drug-likeness (QED) is 0.455. The third-order valence-corrected chi connectivity index (χ3v) is 4.37. The van der Waals surface area contributed by atoms with E-state index in [9.17, 15) is 9.59 Å². The lowest BCUT2D eigenvalue weighted by molar-refractivity contribution is 0.0956. The van der Waals surface area contributed by atoms with Gasteiger partial charge < -0.3 is 10.2 Å². The number of carbonyl (C=O) groups excluding carboxylic acids is 2. The second-order valence-electron chi connectivity index (χ2n) is 6.81. The molecule has 0 atom stereocenters. The highest BCUT2D eigenvalue weighted by atomic mass is 16.2. The van der Waals surface area contributed by atoms with E-state index in [1.807, 2.05) is 49.3 Å². The van der Waals surface area contributed by atoms with Crippen LogP contribution in [0.15, 0.2) is 84.2 Å². The maximum absolute atomic E-state index is 12.5. The number of aromatic nitrogens is 1. The van der Waals surface area contributed by atoms with Gasteiger partial charge >= 0.3 is 0 Å². The molecule has 2 N–H and O–H groups in total. The summed E-state index contributed by atoms with van der Waals surface area (Å²) in [5, 5.41) is 6.68. The van der Waals surface area contributed by atoms with Crippen LogP contribution < -0.4 is 15.6 Å². The molecule has 156 valence electrons. The molecule has 0 aliphatic heterocycles. The Bertz CT molecular complexity index is 1090. The molecule has 1 heterocycles. The summed E-state index contributed by atoms with van der Waals surface area (Å²) in [6.07, 6.45) is 8.17. The predicted molar refractivity (Wildman–Crippen MR) is 124 cm³/mol. The number of carbonyl (C=O) groups is 2. The molecule has 7 nitrogen and oxygen atoms in total. The first kappa shape index (κ1) is 21.4. The minimum absolute atomic E-state index is 0.306. The Labute approximate surface area is 181 Å². The number of allylic oxidation sites excluding steroid dienone is 1. The van der Waals surface area contributed by atoms with E-state index in [-0.39, 0.29) is 5.91 Å². The average Bonchev–Trinajstić information content (AvgIpc) is 2.80. The van der Waals surface area contributed by atoms with E-state index >= 15 is 0 Å². The molecule has 0 saturated heterocycles. The van der Waals surface area contributed by atoms with Crippen molar-refractivity contribution in [3.63, 3.8) is 0 Å². The van der Waals surface area contributed by atoms with Crippen LogP contribution in [0.5, 0.6) is 0 Å². The lowest BCUT2D eigenvalue weighted by atomic mass is 10.1. The van der Waals surface area contributed by atoms with E-state index in [0.717, 1.165) is 11.3 Å². The van der Waals surface area contributed by atoms with Gasteiger partial charge in [-0.25, -0.2) is 5.43 Å². The molecule has 2 aromatic carbocycles. The Morgan fingerprint density at radius 2 is 1.74 bits per heavy atom. The third-order valence-electron chi connectivity index (χ3n) is 4.37. The molecule has 0 spiro atoms. The van der Waals surface area contributed by atoms with Crippen molar-refractivity contribution in [3.05, 3.63) is 95.8 Å². The van der Waals surface area contributed by atoms with Crippen LogP contribution in [0.2, 0.25) is 0 Å². The van der Waals surface area contributed by atoms with Crippen molar-refractivity contribution in [1.82, 2.24) is 10.4 Å². The van der Waals surface area contributed by atoms with Crippen LogP contribution in [0.3, 0.4) is 0 Å². The van der Waals surface area contributed by atoms with Crippen LogP contribution >= 0.6 is 0 Å². The summed E-state index contributed by atoms with van der Waals surface area (Å²) in [5.74, 6) is -0.776. The highest BCUT2D eigenvalue weighted by Gasteiger charge is 2.13. The number of hydrazone groups is 1. The molecular formula is C24H23N5O2. The Hall–Kier alpha value is -4.26. The van der Waals surface area contributed by atoms with Crippen LogP contribution in [0.25, 0.3) is 6.08 Å². The van der Waals surface area contributed by atoms with Gasteiger partial charge in [0.05, 0.1) is 16.8 Å². The number of amides is 2. The predicted octanol–water partition coefficient (Wildman–Crippen LogP) is 3.83. The minimum Gasteiger partial charge on any atom is -0.378 e. The van der Waals surface area contributed by atoms with Gasteiger partial charge in [-0.05, 0) is 48.0 Å². The van der Waals surface area contributed by atoms with E-state index in [1.165, 1.54) is 12.4 Å². The summed E-state index contributed by atoms with van der Waals surface area (Å²) in [7, 11) is 3.98. The van der Waals surface area contributed by atoms with Crippen molar-refractivity contribution >= 4 is 35.5 Å². The number of hydrogen-bond acceptors (Lipinski definition) is 5. The van der Waals surface area contributed by atoms with Gasteiger partial charge in [-0.15, -0.1) is 0 Å². The first-order chi connectivity index (χ1) is 15.0. The molecule has 3 aromatic rings. The zero-order chi connectivity index (χ0) is 22.1. The van der Waals surface area contributed by atoms with Gasteiger partial charge in [0, 0.05) is 38.4 Å². The fourth-order valence-electron chi connectivity index (χ4n) is 2.72. The Kier molecular flexibility index (Phi) is 7.26. The van der Waals surface area contributed by atoms with Crippen LogP contribution in [0.1, 0.15) is 26.3 Å². The summed E-state index contributed by atoms with van der Waals surface area (Å²) >= 11 is 0. The summed E-state index contributed by atoms with van der Waals surface area (Å²) in [4.78, 5) is 30.8. The number of benzene rings is 2. The summed E-state index contributed by atoms with van der Waals surface area (Å²) in [5.41, 5.74) is 5.71. The Morgan fingerprint density at radius 3 is 2.45 bits per heavy atom. The monoisotopic (exact) mass is 413 g/mol. The minimum atomic E-state index is -0.429. The van der Waals surface area contributed by atoms with Gasteiger partial charge in [0.15, 0.2) is 0 Å².